The van der Waals surface area contributed by atoms with Gasteiger partial charge >= 0.3 is 18.2 Å². The highest BCUT2D eigenvalue weighted by Crippen LogP contribution is 2.33. The Morgan fingerprint density at radius 1 is 1.11 bits per heavy atom. The van der Waals surface area contributed by atoms with Crippen LogP contribution in [0.3, 0.4) is 0 Å². The lowest BCUT2D eigenvalue weighted by Gasteiger charge is -2.19. The normalized spacial score (nSPS) is 13.1. The van der Waals surface area contributed by atoms with Crippen LogP contribution in [0.1, 0.15) is 45.4 Å². The molecular weight excluding hydrogens is 649 g/mol. The van der Waals surface area contributed by atoms with Gasteiger partial charge in [-0.1, -0.05) is 29.8 Å². The Hall–Kier alpha value is -4.87. The molecule has 0 bridgehead atoms. The SMILES string of the molecule is Cc1ccc(-c2cc(C(F)(F)F)nn2-c2ccc(S(=O)(=O)NC(=O)OCCCN(C)[N+]([O-])=NOC(C)OC(=O)C(C)(C)C)cc2)cc1. The Labute approximate surface area is 269 Å². The molecular formula is C29H35F3N6O8S. The highest BCUT2D eigenvalue weighted by atomic mass is 32.2. The molecule has 1 aromatic heterocycles. The van der Waals surface area contributed by atoms with E-state index in [9.17, 15) is 36.4 Å². The molecule has 0 saturated carbocycles. The number of hydrogen-bond acceptors (Lipinski definition) is 10. The number of sulfonamides is 1. The maximum atomic E-state index is 13.5. The van der Waals surface area contributed by atoms with Crippen LogP contribution in [0, 0.1) is 17.5 Å². The molecule has 14 nitrogen and oxygen atoms in total. The van der Waals surface area contributed by atoms with E-state index in [2.05, 4.69) is 10.4 Å². The number of nitrogens with one attached hydrogen (secondary N) is 1. The van der Waals surface area contributed by atoms with Crippen LogP contribution < -0.4 is 4.72 Å². The highest BCUT2D eigenvalue weighted by molar-refractivity contribution is 7.90. The van der Waals surface area contributed by atoms with Gasteiger partial charge in [-0.15, -0.1) is 5.01 Å². The predicted octanol–water partition coefficient (Wildman–Crippen LogP) is 5.35. The first-order chi connectivity index (χ1) is 21.8. The van der Waals surface area contributed by atoms with Crippen LogP contribution in [0.25, 0.3) is 16.9 Å². The van der Waals surface area contributed by atoms with Crippen molar-refractivity contribution >= 4 is 22.1 Å². The average molecular weight is 685 g/mol. The molecule has 3 aromatic rings. The van der Waals surface area contributed by atoms with Gasteiger partial charge in [0.15, 0.2) is 5.69 Å². The van der Waals surface area contributed by atoms with Crippen molar-refractivity contribution in [3.63, 3.8) is 0 Å². The lowest BCUT2D eigenvalue weighted by atomic mass is 9.97. The van der Waals surface area contributed by atoms with Gasteiger partial charge in [-0.25, -0.2) is 22.6 Å². The third-order valence-electron chi connectivity index (χ3n) is 6.26. The van der Waals surface area contributed by atoms with E-state index in [1.807, 2.05) is 6.92 Å². The molecule has 0 aliphatic rings. The predicted molar refractivity (Wildman–Crippen MR) is 160 cm³/mol. The Balaban J connectivity index is 1.56. The Bertz CT molecular complexity index is 1690. The molecule has 256 valence electrons. The number of hydrogen-bond donors (Lipinski definition) is 1. The van der Waals surface area contributed by atoms with Crippen molar-refractivity contribution in [2.24, 2.45) is 10.7 Å². The van der Waals surface area contributed by atoms with E-state index in [0.717, 1.165) is 33.5 Å². The van der Waals surface area contributed by atoms with Crippen LogP contribution in [0.2, 0.25) is 0 Å². The number of amides is 1. The molecule has 1 amide bonds. The molecule has 18 heteroatoms. The van der Waals surface area contributed by atoms with E-state index < -0.39 is 45.7 Å². The quantitative estimate of drug-likeness (QED) is 0.0656. The van der Waals surface area contributed by atoms with E-state index >= 15 is 0 Å². The van der Waals surface area contributed by atoms with Gasteiger partial charge in [0.25, 0.3) is 16.3 Å². The van der Waals surface area contributed by atoms with E-state index in [0.29, 0.717) is 5.56 Å². The van der Waals surface area contributed by atoms with Gasteiger partial charge in [-0.05, 0) is 58.0 Å². The van der Waals surface area contributed by atoms with Crippen molar-refractivity contribution in [2.45, 2.75) is 58.4 Å². The number of alkyl halides is 3. The molecule has 0 fully saturated rings. The van der Waals surface area contributed by atoms with E-state index in [-0.39, 0.29) is 40.8 Å². The fourth-order valence-electron chi connectivity index (χ4n) is 3.67. The lowest BCUT2D eigenvalue weighted by molar-refractivity contribution is -0.707. The first kappa shape index (κ1) is 36.6. The topological polar surface area (TPSA) is 167 Å². The number of hydrazine groups is 1. The minimum Gasteiger partial charge on any atom is -0.569 e. The second-order valence-electron chi connectivity index (χ2n) is 11.3. The van der Waals surface area contributed by atoms with Crippen molar-refractivity contribution in [3.8, 4) is 16.9 Å². The number of aromatic nitrogens is 2. The Kier molecular flexibility index (Phi) is 11.4. The number of esters is 1. The summed E-state index contributed by atoms with van der Waals surface area (Å²) in [5.41, 5.74) is -0.251. The second kappa shape index (κ2) is 14.7. The number of aryl methyl sites for hydroxylation is 1. The summed E-state index contributed by atoms with van der Waals surface area (Å²) in [6.07, 6.45) is -7.04. The minimum absolute atomic E-state index is 0.0159. The molecule has 1 unspecified atom stereocenters. The molecule has 1 heterocycles. The fourth-order valence-corrected chi connectivity index (χ4v) is 4.56. The molecule has 47 heavy (non-hydrogen) atoms. The standard InChI is InChI=1S/C29H35F3N6O8S/c1-19-8-10-21(11-9-19)24-18-25(29(30,31)32)33-37(24)22-12-14-23(15-13-22)47(42,43)34-27(40)44-17-7-16-36(6)38(41)35-46-20(2)45-26(39)28(3,4)5/h8-15,18,20H,7,16-17H2,1-6H3,(H,34,40). The number of nitrogens with zero attached hydrogens (tertiary/aromatic N) is 5. The molecule has 0 aliphatic heterocycles. The van der Waals surface area contributed by atoms with Gasteiger partial charge in [0.2, 0.25) is 5.28 Å². The van der Waals surface area contributed by atoms with Gasteiger partial charge in [0, 0.05) is 18.9 Å². The summed E-state index contributed by atoms with van der Waals surface area (Å²) in [7, 11) is -3.06. The summed E-state index contributed by atoms with van der Waals surface area (Å²) in [5, 5.41) is 20.1. The first-order valence-electron chi connectivity index (χ1n) is 14.1. The summed E-state index contributed by atoms with van der Waals surface area (Å²) in [6.45, 7) is 7.89. The number of ether oxygens (including phenoxy) is 2. The van der Waals surface area contributed by atoms with Gasteiger partial charge < -0.3 is 14.7 Å². The molecule has 1 N–H and O–H groups in total. The molecule has 0 saturated heterocycles. The van der Waals surface area contributed by atoms with Crippen LogP contribution in [-0.4, -0.2) is 66.7 Å². The van der Waals surface area contributed by atoms with Gasteiger partial charge in [0.1, 0.15) is 0 Å². The Morgan fingerprint density at radius 2 is 1.72 bits per heavy atom. The third-order valence-corrected chi connectivity index (χ3v) is 7.59. The number of carbonyl (C=O) groups is 2. The van der Waals surface area contributed by atoms with Crippen molar-refractivity contribution in [1.29, 1.82) is 0 Å². The molecule has 3 rings (SSSR count). The third kappa shape index (κ3) is 10.3. The number of benzene rings is 2. The maximum absolute atomic E-state index is 13.5. The molecule has 0 radical (unpaired) electrons. The molecule has 1 atom stereocenters. The Morgan fingerprint density at radius 3 is 2.30 bits per heavy atom. The summed E-state index contributed by atoms with van der Waals surface area (Å²) >= 11 is 0. The van der Waals surface area contributed by atoms with Crippen LogP contribution in [0.5, 0.6) is 0 Å². The number of halogens is 3. The van der Waals surface area contributed by atoms with Crippen molar-refractivity contribution < 1.29 is 50.5 Å². The summed E-state index contributed by atoms with van der Waals surface area (Å²) in [6, 6.07) is 12.4. The maximum Gasteiger partial charge on any atom is 0.435 e. The van der Waals surface area contributed by atoms with Crippen LogP contribution in [0.15, 0.2) is 64.8 Å². The van der Waals surface area contributed by atoms with Crippen LogP contribution >= 0.6 is 0 Å². The zero-order valence-corrected chi connectivity index (χ0v) is 27.3. The number of carbonyl (C=O) groups excluding carboxylic acids is 2. The molecule has 0 spiro atoms. The molecule has 0 aliphatic carbocycles. The van der Waals surface area contributed by atoms with Gasteiger partial charge in [0.05, 0.1) is 46.9 Å². The first-order valence-corrected chi connectivity index (χ1v) is 15.6. The lowest BCUT2D eigenvalue weighted by Crippen LogP contribution is -2.33. The summed E-state index contributed by atoms with van der Waals surface area (Å²) < 4.78 is 78.6. The average Bonchev–Trinajstić information content (AvgIpc) is 3.44. The van der Waals surface area contributed by atoms with Gasteiger partial charge in [-0.2, -0.15) is 18.3 Å². The van der Waals surface area contributed by atoms with E-state index in [1.54, 1.807) is 49.8 Å². The van der Waals surface area contributed by atoms with Crippen molar-refractivity contribution in [2.75, 3.05) is 20.2 Å². The zero-order chi connectivity index (χ0) is 35.2. The van der Waals surface area contributed by atoms with Crippen LogP contribution in [0.4, 0.5) is 18.0 Å². The minimum atomic E-state index is -4.71. The van der Waals surface area contributed by atoms with Crippen molar-refractivity contribution in [3.05, 3.63) is 71.1 Å². The second-order valence-corrected chi connectivity index (χ2v) is 13.0. The summed E-state index contributed by atoms with van der Waals surface area (Å²) in [4.78, 5) is 28.6. The van der Waals surface area contributed by atoms with Crippen LogP contribution in [-0.2, 0) is 35.3 Å². The fraction of sp³-hybridized carbons (Fsp3) is 0.414. The van der Waals surface area contributed by atoms with Gasteiger partial charge in [-0.3, -0.25) is 9.63 Å². The zero-order valence-electron chi connectivity index (χ0n) is 26.4. The van der Waals surface area contributed by atoms with E-state index in [1.165, 1.54) is 26.1 Å². The smallest absolute Gasteiger partial charge is 0.435 e. The largest absolute Gasteiger partial charge is 0.569 e. The highest BCUT2D eigenvalue weighted by Gasteiger charge is 2.35. The summed E-state index contributed by atoms with van der Waals surface area (Å²) in [5.74, 6) is -0.551. The molecule has 2 aromatic carbocycles. The van der Waals surface area contributed by atoms with E-state index in [4.69, 9.17) is 14.3 Å². The van der Waals surface area contributed by atoms with Crippen molar-refractivity contribution in [1.82, 2.24) is 19.5 Å². The number of rotatable bonds is 12. The monoisotopic (exact) mass is 684 g/mol.